The van der Waals surface area contributed by atoms with E-state index in [1.165, 1.54) is 54.6 Å². The molecule has 0 bridgehead atoms. The van der Waals surface area contributed by atoms with E-state index in [4.69, 9.17) is 0 Å². The van der Waals surface area contributed by atoms with Crippen LogP contribution in [0.2, 0.25) is 0 Å². The molecule has 0 aromatic heterocycles. The van der Waals surface area contributed by atoms with Crippen molar-refractivity contribution in [3.63, 3.8) is 0 Å². The first-order valence-electron chi connectivity index (χ1n) is 10.3. The van der Waals surface area contributed by atoms with Gasteiger partial charge in [-0.15, -0.1) is 0 Å². The van der Waals surface area contributed by atoms with Crippen LogP contribution in [0.4, 0.5) is 0 Å². The maximum Gasteiger partial charge on any atom is 0.294 e. The Morgan fingerprint density at radius 2 is 0.944 bits per heavy atom. The molecule has 0 aliphatic rings. The van der Waals surface area contributed by atoms with Crippen molar-refractivity contribution in [1.29, 1.82) is 0 Å². The van der Waals surface area contributed by atoms with Gasteiger partial charge in [0, 0.05) is 18.2 Å². The minimum absolute atomic E-state index is 0.203. The third kappa shape index (κ3) is 6.09. The second kappa shape index (κ2) is 10.1. The van der Waals surface area contributed by atoms with Crippen LogP contribution in [0.1, 0.15) is 13.8 Å². The highest BCUT2D eigenvalue weighted by molar-refractivity contribution is 7.96. The summed E-state index contributed by atoms with van der Waals surface area (Å²) in [7, 11) is -16.9. The van der Waals surface area contributed by atoms with Gasteiger partial charge in [0.05, 0.1) is 20.8 Å². The molecule has 0 heterocycles. The van der Waals surface area contributed by atoms with Gasteiger partial charge in [-0.1, -0.05) is 23.8 Å². The zero-order valence-corrected chi connectivity index (χ0v) is 22.5. The quantitative estimate of drug-likeness (QED) is 0.210. The molecule has 36 heavy (non-hydrogen) atoms. The Hall–Kier alpha value is -2.44. The van der Waals surface area contributed by atoms with Crippen LogP contribution in [0.3, 0.4) is 0 Å². The van der Waals surface area contributed by atoms with Crippen LogP contribution in [-0.4, -0.2) is 45.1 Å². The summed E-state index contributed by atoms with van der Waals surface area (Å²) >= 11 is 0. The molecule has 0 fully saturated rings. The van der Waals surface area contributed by atoms with Gasteiger partial charge in [0.2, 0.25) is 0 Å². The smallest absolute Gasteiger partial charge is 0.282 e. The number of rotatable bonds is 8. The van der Waals surface area contributed by atoms with E-state index in [9.17, 15) is 38.9 Å². The summed E-state index contributed by atoms with van der Waals surface area (Å²) in [6.07, 6.45) is 2.04. The average molecular weight is 572 g/mol. The summed E-state index contributed by atoms with van der Waals surface area (Å²) in [6.45, 7) is 3.65. The third-order valence-corrected chi connectivity index (χ3v) is 12.2. The number of allylic oxidation sites excluding steroid dienone is 2. The van der Waals surface area contributed by atoms with Crippen LogP contribution in [0.5, 0.6) is 0 Å². The first-order valence-corrected chi connectivity index (χ1v) is 16.6. The molecule has 13 heteroatoms. The van der Waals surface area contributed by atoms with E-state index in [0.29, 0.717) is 15.9 Å². The monoisotopic (exact) mass is 571 g/mol. The minimum atomic E-state index is -4.61. The van der Waals surface area contributed by atoms with Gasteiger partial charge in [0.1, 0.15) is 23.2 Å². The van der Waals surface area contributed by atoms with Crippen molar-refractivity contribution in [2.24, 2.45) is 0 Å². The van der Waals surface area contributed by atoms with Crippen molar-refractivity contribution in [3.05, 3.63) is 84.4 Å². The Bertz CT molecular complexity index is 1470. The van der Waals surface area contributed by atoms with Gasteiger partial charge < -0.3 is 0 Å². The van der Waals surface area contributed by atoms with Crippen molar-refractivity contribution in [3.8, 4) is 0 Å². The molecule has 192 valence electrons. The summed E-state index contributed by atoms with van der Waals surface area (Å²) in [5, 5.41) is 1.15. The fraction of sp³-hybridized carbons (Fsp3) is 0.130. The first kappa shape index (κ1) is 28.1. The van der Waals surface area contributed by atoms with Gasteiger partial charge in [-0.25, -0.2) is 0 Å². The molecule has 0 radical (unpaired) electrons. The van der Waals surface area contributed by atoms with Crippen molar-refractivity contribution in [2.75, 3.05) is 6.16 Å². The molecule has 3 aromatic rings. The maximum atomic E-state index is 12.0. The molecule has 9 nitrogen and oxygen atoms in total. The third-order valence-electron chi connectivity index (χ3n) is 5.44. The Morgan fingerprint density at radius 1 is 0.639 bits per heavy atom. The van der Waals surface area contributed by atoms with Crippen molar-refractivity contribution >= 4 is 53.5 Å². The Morgan fingerprint density at radius 3 is 1.19 bits per heavy atom. The Balaban J connectivity index is 2.55. The summed E-state index contributed by atoms with van der Waals surface area (Å²) in [5.41, 5.74) is 0.877. The highest BCUT2D eigenvalue weighted by Gasteiger charge is 2.46. The maximum absolute atomic E-state index is 12.0. The standard InChI is InChI=1S/C23H23O9PS3/c1-17(2)12-13-33(18-6-3-9-21(14-18)34(24,25)26,19-7-4-10-22(15-19)35(27,28)29)20-8-5-11-23(16-20)36(30,31)32/h3-12,14-16H,13H2,1-2H3,(H2-,24,25,26,27,28,29,30,31,32)/p+1. The van der Waals surface area contributed by atoms with Crippen molar-refractivity contribution in [2.45, 2.75) is 28.5 Å². The molecule has 0 atom stereocenters. The minimum Gasteiger partial charge on any atom is -0.282 e. The molecule has 0 aliphatic carbocycles. The van der Waals surface area contributed by atoms with Gasteiger partial charge in [0.15, 0.2) is 0 Å². The molecule has 3 N–H and O–H groups in total. The lowest BCUT2D eigenvalue weighted by atomic mass is 10.3. The lowest BCUT2D eigenvalue weighted by Crippen LogP contribution is -2.34. The second-order valence-corrected chi connectivity index (χ2v) is 16.0. The van der Waals surface area contributed by atoms with Crippen LogP contribution in [0.25, 0.3) is 0 Å². The van der Waals surface area contributed by atoms with E-state index in [1.807, 2.05) is 19.9 Å². The topological polar surface area (TPSA) is 163 Å². The van der Waals surface area contributed by atoms with Crippen LogP contribution in [-0.2, 0) is 30.4 Å². The summed E-state index contributed by atoms with van der Waals surface area (Å²) in [6, 6.07) is 16.4. The second-order valence-electron chi connectivity index (χ2n) is 8.19. The van der Waals surface area contributed by atoms with Crippen LogP contribution >= 0.6 is 7.26 Å². The van der Waals surface area contributed by atoms with E-state index >= 15 is 0 Å². The Kier molecular flexibility index (Phi) is 7.92. The molecular formula is C23H24O9PS3+. The van der Waals surface area contributed by atoms with E-state index in [-0.39, 0.29) is 6.16 Å². The van der Waals surface area contributed by atoms with Gasteiger partial charge >= 0.3 is 0 Å². The predicted octanol–water partition coefficient (Wildman–Crippen LogP) is 2.69. The molecule has 3 rings (SSSR count). The molecule has 0 saturated carbocycles. The van der Waals surface area contributed by atoms with Crippen molar-refractivity contribution < 1.29 is 38.9 Å². The largest absolute Gasteiger partial charge is 0.294 e. The fourth-order valence-electron chi connectivity index (χ4n) is 3.73. The van der Waals surface area contributed by atoms with E-state index in [2.05, 4.69) is 0 Å². The highest BCUT2D eigenvalue weighted by atomic mass is 32.2. The first-order chi connectivity index (χ1) is 16.5. The lowest BCUT2D eigenvalue weighted by molar-refractivity contribution is 0.481. The summed E-state index contributed by atoms with van der Waals surface area (Å²) in [4.78, 5) is -1.21. The van der Waals surface area contributed by atoms with Crippen molar-refractivity contribution in [1.82, 2.24) is 0 Å². The molecular weight excluding hydrogens is 547 g/mol. The van der Waals surface area contributed by atoms with Gasteiger partial charge in [-0.2, -0.15) is 25.3 Å². The van der Waals surface area contributed by atoms with Crippen LogP contribution in [0.15, 0.2) is 99.1 Å². The molecule has 0 amide bonds. The van der Waals surface area contributed by atoms with E-state index in [1.54, 1.807) is 18.2 Å². The summed E-state index contributed by atoms with van der Waals surface area (Å²) < 4.78 is 101. The SMILES string of the molecule is CC(C)=CC[P+](c1cccc(S(=O)(=O)O)c1)(c1cccc(S(=O)(=O)O)c1)c1cccc(S(=O)(=O)O)c1. The van der Waals surface area contributed by atoms with E-state index < -0.39 is 52.3 Å². The molecule has 3 aromatic carbocycles. The highest BCUT2D eigenvalue weighted by Crippen LogP contribution is 2.56. The van der Waals surface area contributed by atoms with Gasteiger partial charge in [-0.3, -0.25) is 13.7 Å². The molecule has 0 aliphatic heterocycles. The molecule has 0 saturated heterocycles. The normalized spacial score (nSPS) is 12.8. The van der Waals surface area contributed by atoms with Crippen LogP contribution < -0.4 is 15.9 Å². The summed E-state index contributed by atoms with van der Waals surface area (Å²) in [5.74, 6) is 0. The Labute approximate surface area is 211 Å². The van der Waals surface area contributed by atoms with Gasteiger partial charge in [0.25, 0.3) is 30.4 Å². The fourth-order valence-corrected chi connectivity index (χ4v) is 9.83. The lowest BCUT2D eigenvalue weighted by Gasteiger charge is -2.27. The average Bonchev–Trinajstić information content (AvgIpc) is 2.78. The predicted molar refractivity (Wildman–Crippen MR) is 139 cm³/mol. The molecule has 0 spiro atoms. The van der Waals surface area contributed by atoms with E-state index in [0.717, 1.165) is 5.57 Å². The van der Waals surface area contributed by atoms with Crippen LogP contribution in [0, 0.1) is 0 Å². The number of benzene rings is 3. The van der Waals surface area contributed by atoms with Gasteiger partial charge in [-0.05, 0) is 56.3 Å². The zero-order valence-electron chi connectivity index (χ0n) is 19.2. The number of hydrogen-bond acceptors (Lipinski definition) is 6. The number of hydrogen-bond donors (Lipinski definition) is 3. The molecule has 0 unspecified atom stereocenters. The zero-order chi connectivity index (χ0) is 26.9.